The smallest absolute Gasteiger partial charge is 0.328 e. The van der Waals surface area contributed by atoms with Crippen molar-refractivity contribution in [2.24, 2.45) is 0 Å². The van der Waals surface area contributed by atoms with E-state index in [0.717, 1.165) is 75.7 Å². The second kappa shape index (κ2) is 21.3. The van der Waals surface area contributed by atoms with Crippen LogP contribution in [0.5, 0.6) is 5.75 Å². The van der Waals surface area contributed by atoms with Gasteiger partial charge in [0, 0.05) is 34.1 Å². The molecule has 0 bridgehead atoms. The Bertz CT molecular complexity index is 4150. The largest absolute Gasteiger partial charge is 0.494 e. The number of unbranched alkanes of at least 4 members (excludes halogenated alkanes) is 1. The maximum atomic E-state index is 12.0. The quantitative estimate of drug-likeness (QED) is 0.0574. The van der Waals surface area contributed by atoms with E-state index >= 15 is 0 Å². The van der Waals surface area contributed by atoms with E-state index in [1.807, 2.05) is 133 Å². The number of ether oxygens (including phenoxy) is 1. The summed E-state index contributed by atoms with van der Waals surface area (Å²) >= 11 is 2.96. The monoisotopic (exact) mass is 1030 g/mol. The van der Waals surface area contributed by atoms with Gasteiger partial charge in [-0.1, -0.05) is 168 Å². The summed E-state index contributed by atoms with van der Waals surface area (Å²) in [5, 5.41) is 28.0. The Morgan fingerprint density at radius 1 is 0.667 bits per heavy atom. The van der Waals surface area contributed by atoms with Crippen LogP contribution in [-0.2, 0) is 16.5 Å². The maximum absolute atomic E-state index is 12.0. The molecule has 0 unspecified atom stereocenters. The van der Waals surface area contributed by atoms with Gasteiger partial charge in [-0.2, -0.15) is 18.9 Å². The molecule has 0 amide bonds. The van der Waals surface area contributed by atoms with Crippen molar-refractivity contribution in [1.29, 1.82) is 10.5 Å². The number of hydrogen-bond donors (Lipinski definition) is 1. The molecule has 0 atom stereocenters. The van der Waals surface area contributed by atoms with Gasteiger partial charge >= 0.3 is 6.85 Å². The van der Waals surface area contributed by atoms with Crippen LogP contribution in [0.25, 0.3) is 53.6 Å². The molecule has 10 nitrogen and oxygen atoms in total. The fourth-order valence-electron chi connectivity index (χ4n) is 10.1. The summed E-state index contributed by atoms with van der Waals surface area (Å²) in [6, 6.07) is 68.6. The normalized spacial score (nSPS) is 12.4. The molecule has 11 rings (SSSR count). The van der Waals surface area contributed by atoms with Gasteiger partial charge in [-0.3, -0.25) is 4.55 Å². The summed E-state index contributed by atoms with van der Waals surface area (Å²) in [6.45, 7) is 1.87. The molecule has 0 radical (unpaired) electrons. The zero-order valence-corrected chi connectivity index (χ0v) is 43.2. The number of fused-ring (bicyclic) bond motifs is 3. The Labute approximate surface area is 443 Å². The van der Waals surface area contributed by atoms with Gasteiger partial charge in [0.2, 0.25) is 0 Å². The summed E-state index contributed by atoms with van der Waals surface area (Å²) in [6.07, 6.45) is 1.01. The van der Waals surface area contributed by atoms with E-state index in [4.69, 9.17) is 14.7 Å². The lowest BCUT2D eigenvalue weighted by Gasteiger charge is -2.23. The number of aromatic nitrogens is 4. The van der Waals surface area contributed by atoms with E-state index in [0.29, 0.717) is 57.9 Å². The minimum atomic E-state index is -4.09. The summed E-state index contributed by atoms with van der Waals surface area (Å²) in [5.41, 5.74) is 9.91. The van der Waals surface area contributed by atoms with Crippen molar-refractivity contribution in [2.75, 3.05) is 12.4 Å². The molecule has 0 saturated carbocycles. The molecule has 11 aromatic rings. The molecule has 0 spiro atoms. The highest BCUT2D eigenvalue weighted by atomic mass is 32.2. The number of nitriles is 2. The van der Waals surface area contributed by atoms with Crippen LogP contribution >= 0.6 is 22.7 Å². The molecule has 0 aliphatic carbocycles. The molecule has 4 aromatic heterocycles. The number of thiazole rings is 2. The van der Waals surface area contributed by atoms with Gasteiger partial charge in [0.25, 0.3) is 17.5 Å². The fourth-order valence-corrected chi connectivity index (χ4v) is 12.6. The van der Waals surface area contributed by atoms with Gasteiger partial charge in [0.15, 0.2) is 0 Å². The predicted octanol–water partition coefficient (Wildman–Crippen LogP) is 8.90. The van der Waals surface area contributed by atoms with E-state index in [2.05, 4.69) is 82.6 Å². The molecule has 15 heteroatoms. The second-order valence-electron chi connectivity index (χ2n) is 18.3. The summed E-state index contributed by atoms with van der Waals surface area (Å²) in [7, 11) is -3.72. The average molecular weight is 1030 g/mol. The highest BCUT2D eigenvalue weighted by Crippen LogP contribution is 2.36. The molecule has 1 N–H and O–H groups in total. The lowest BCUT2D eigenvalue weighted by Crippen LogP contribution is -2.53. The predicted molar refractivity (Wildman–Crippen MR) is 307 cm³/mol. The number of aryl methyl sites for hydroxylation is 1. The topological polar surface area (TPSA) is 147 Å². The number of nitrogens with zero attached hydrogens (tertiary/aromatic N) is 6. The van der Waals surface area contributed by atoms with Crippen molar-refractivity contribution in [3.8, 4) is 29.1 Å². The van der Waals surface area contributed by atoms with Gasteiger partial charge in [-0.25, -0.2) is 9.97 Å². The van der Waals surface area contributed by atoms with Crippen LogP contribution in [0.3, 0.4) is 0 Å². The Morgan fingerprint density at radius 3 is 1.81 bits per heavy atom. The van der Waals surface area contributed by atoms with Crippen LogP contribution < -0.4 is 31.8 Å². The molecule has 0 aliphatic heterocycles. The minimum Gasteiger partial charge on any atom is -0.494 e. The molecule has 0 fully saturated rings. The Balaban J connectivity index is 1.36. The van der Waals surface area contributed by atoms with Crippen LogP contribution in [0.1, 0.15) is 39.7 Å². The van der Waals surface area contributed by atoms with Crippen molar-refractivity contribution in [2.45, 2.75) is 26.2 Å². The first-order valence-electron chi connectivity index (χ1n) is 24.6. The first-order valence-corrected chi connectivity index (χ1v) is 27.8. The zero-order valence-electron chi connectivity index (χ0n) is 40.8. The summed E-state index contributed by atoms with van der Waals surface area (Å²) < 4.78 is 45.1. The number of rotatable bonds is 16. The first kappa shape index (κ1) is 48.9. The highest BCUT2D eigenvalue weighted by Gasteiger charge is 2.35. The Hall–Kier alpha value is -8.30. The Kier molecular flexibility index (Phi) is 13.9. The third kappa shape index (κ3) is 9.95. The minimum absolute atomic E-state index is 0.246. The summed E-state index contributed by atoms with van der Waals surface area (Å²) in [4.78, 5) is 10.4. The van der Waals surface area contributed by atoms with E-state index in [1.165, 1.54) is 22.7 Å². The van der Waals surface area contributed by atoms with Crippen LogP contribution in [0.15, 0.2) is 188 Å². The van der Waals surface area contributed by atoms with Crippen LogP contribution in [0.2, 0.25) is 0 Å². The van der Waals surface area contributed by atoms with Gasteiger partial charge < -0.3 is 13.7 Å². The molecular weight excluding hydrogens is 987 g/mol. The molecule has 75 heavy (non-hydrogen) atoms. The van der Waals surface area contributed by atoms with Crippen molar-refractivity contribution in [1.82, 2.24) is 18.9 Å². The van der Waals surface area contributed by atoms with Crippen LogP contribution in [0.4, 0.5) is 0 Å². The summed E-state index contributed by atoms with van der Waals surface area (Å²) in [5.74, 6) is 0.257. The van der Waals surface area contributed by atoms with E-state index in [1.54, 1.807) is 0 Å². The first-order chi connectivity index (χ1) is 36.7. The SMILES string of the molecule is Cc1ccccc1-c1c2/c(=C(\C#N)c3nc4ccccc4s3)n(Bc3ccccc3)c(Cc3cccc(OCCCCS(=O)(=O)O)c3)c2/c(=C(\C#N)c2nc3ccccc3s2)n1B(c1ccccc1)c1ccccc1. The molecule has 0 saturated heterocycles. The number of para-hydroxylation sites is 2. The lowest BCUT2D eigenvalue weighted by molar-refractivity contribution is 0.309. The maximum Gasteiger partial charge on any atom is 0.328 e. The van der Waals surface area contributed by atoms with E-state index in [9.17, 15) is 23.5 Å². The van der Waals surface area contributed by atoms with Crippen molar-refractivity contribution in [3.63, 3.8) is 0 Å². The molecule has 364 valence electrons. The van der Waals surface area contributed by atoms with E-state index < -0.39 is 17.0 Å². The van der Waals surface area contributed by atoms with Crippen molar-refractivity contribution < 1.29 is 17.7 Å². The van der Waals surface area contributed by atoms with Gasteiger partial charge in [0.05, 0.1) is 43.5 Å². The lowest BCUT2D eigenvalue weighted by atomic mass is 9.50. The fraction of sp³-hybridized carbons (Fsp3) is 0.100. The third-order valence-electron chi connectivity index (χ3n) is 13.4. The second-order valence-corrected chi connectivity index (χ2v) is 22.0. The van der Waals surface area contributed by atoms with Crippen LogP contribution in [0, 0.1) is 29.6 Å². The average Bonchev–Trinajstić information content (AvgIpc) is 4.22. The third-order valence-corrected chi connectivity index (χ3v) is 16.4. The number of hydrogen-bond acceptors (Lipinski definition) is 9. The number of benzene rings is 7. The zero-order chi connectivity index (χ0) is 51.5. The molecular formula is C60H46B2N6O4S3. The standard InChI is InChI=1S/C60H46B2N6O4S3/c1-40-20-11-12-29-46(40)57-55-54(58(48(39-64)60-66-50-31-14-16-33-53(50)74-60)68(57)62(43-24-7-3-8-25-43)44-26-9-4-10-27-44)51(37-41-21-19-28-45(36-41)72-34-17-18-35-75(69,70)71)67(61-42-22-5-2-6-23-42)56(55)47(38-63)59-65-49-30-13-15-32-52(49)73-59/h2-16,19-33,36,61H,17-18,34-35,37H2,1H3,(H,69,70,71)/b56-47-,58-48-. The van der Waals surface area contributed by atoms with Gasteiger partial charge in [0.1, 0.15) is 39.0 Å². The van der Waals surface area contributed by atoms with Crippen LogP contribution in [-0.4, -0.2) is 58.5 Å². The molecule has 7 aromatic carbocycles. The van der Waals surface area contributed by atoms with Gasteiger partial charge in [-0.15, -0.1) is 22.7 Å². The van der Waals surface area contributed by atoms with Crippen molar-refractivity contribution >= 4 is 106 Å². The Morgan fingerprint density at radius 2 is 1.23 bits per heavy atom. The van der Waals surface area contributed by atoms with E-state index in [-0.39, 0.29) is 18.8 Å². The highest BCUT2D eigenvalue weighted by molar-refractivity contribution is 7.85. The molecule has 4 heterocycles. The van der Waals surface area contributed by atoms with Crippen molar-refractivity contribution in [3.05, 3.63) is 226 Å². The molecule has 0 aliphatic rings. The van der Waals surface area contributed by atoms with Gasteiger partial charge in [-0.05, 0) is 67.3 Å².